The van der Waals surface area contributed by atoms with Crippen LogP contribution in [0.2, 0.25) is 0 Å². The third-order valence-electron chi connectivity index (χ3n) is 5.35. The fourth-order valence-corrected chi connectivity index (χ4v) is 5.53. The van der Waals surface area contributed by atoms with E-state index in [1.807, 2.05) is 0 Å². The van der Waals surface area contributed by atoms with E-state index in [1.54, 1.807) is 30.3 Å². The molecule has 1 aromatic carbocycles. The van der Waals surface area contributed by atoms with Crippen molar-refractivity contribution < 1.29 is 13.2 Å². The van der Waals surface area contributed by atoms with Crippen molar-refractivity contribution >= 4 is 16.3 Å². The molecule has 2 aliphatic rings. The Bertz CT molecular complexity index is 639. The topological polar surface area (TPSA) is 63.2 Å². The van der Waals surface area contributed by atoms with Crippen LogP contribution < -0.4 is 4.72 Å². The summed E-state index contributed by atoms with van der Waals surface area (Å²) >= 11 is 0. The second kappa shape index (κ2) is 4.92. The average Bonchev–Trinajstić information content (AvgIpc) is 2.79. The van der Waals surface area contributed by atoms with Gasteiger partial charge < -0.3 is 4.79 Å². The summed E-state index contributed by atoms with van der Waals surface area (Å²) in [5, 5.41) is 0. The van der Waals surface area contributed by atoms with Gasteiger partial charge in [-0.25, -0.2) is 13.1 Å². The highest BCUT2D eigenvalue weighted by Gasteiger charge is 2.66. The Morgan fingerprint density at radius 1 is 1.29 bits per heavy atom. The van der Waals surface area contributed by atoms with E-state index in [2.05, 4.69) is 18.6 Å². The zero-order chi connectivity index (χ0) is 15.3. The van der Waals surface area contributed by atoms with Crippen LogP contribution in [0.1, 0.15) is 26.7 Å². The first kappa shape index (κ1) is 14.7. The van der Waals surface area contributed by atoms with Crippen LogP contribution in [0.5, 0.6) is 0 Å². The van der Waals surface area contributed by atoms with Crippen LogP contribution in [0, 0.1) is 23.2 Å². The second-order valence-electron chi connectivity index (χ2n) is 6.80. The van der Waals surface area contributed by atoms with Crippen molar-refractivity contribution in [3.8, 4) is 0 Å². The first-order chi connectivity index (χ1) is 9.88. The maximum atomic E-state index is 12.4. The predicted octanol–water partition coefficient (Wildman–Crippen LogP) is 2.21. The molecule has 2 fully saturated rings. The summed E-state index contributed by atoms with van der Waals surface area (Å²) < 4.78 is 27.7. The van der Waals surface area contributed by atoms with Gasteiger partial charge in [-0.3, -0.25) is 0 Å². The van der Waals surface area contributed by atoms with E-state index in [-0.39, 0.29) is 22.3 Å². The summed E-state index contributed by atoms with van der Waals surface area (Å²) in [5.41, 5.74) is 0.252. The molecule has 0 radical (unpaired) electrons. The molecule has 2 saturated carbocycles. The average molecular weight is 307 g/mol. The number of benzene rings is 1. The molecule has 0 saturated heterocycles. The zero-order valence-corrected chi connectivity index (χ0v) is 13.1. The van der Waals surface area contributed by atoms with Crippen LogP contribution in [0.15, 0.2) is 35.2 Å². The van der Waals surface area contributed by atoms with Gasteiger partial charge >= 0.3 is 0 Å². The van der Waals surface area contributed by atoms with Crippen LogP contribution in [-0.2, 0) is 14.8 Å². The number of hydrogen-bond acceptors (Lipinski definition) is 3. The lowest BCUT2D eigenvalue weighted by Gasteiger charge is -2.26. The summed E-state index contributed by atoms with van der Waals surface area (Å²) in [7, 11) is -3.50. The van der Waals surface area contributed by atoms with Crippen molar-refractivity contribution in [2.45, 2.75) is 37.6 Å². The summed E-state index contributed by atoms with van der Waals surface area (Å²) in [6.07, 6.45) is 2.19. The summed E-state index contributed by atoms with van der Waals surface area (Å²) in [4.78, 5) is 11.2. The third-order valence-corrected chi connectivity index (χ3v) is 6.86. The predicted molar refractivity (Wildman–Crippen MR) is 80.1 cm³/mol. The Morgan fingerprint density at radius 2 is 1.95 bits per heavy atom. The minimum atomic E-state index is -3.50. The smallest absolute Gasteiger partial charge is 0.240 e. The Balaban J connectivity index is 1.78. The third kappa shape index (κ3) is 2.42. The number of aldehydes is 1. The summed E-state index contributed by atoms with van der Waals surface area (Å²) in [6, 6.07) is 8.29. The lowest BCUT2D eigenvalue weighted by atomic mass is 9.88. The van der Waals surface area contributed by atoms with Crippen molar-refractivity contribution in [2.75, 3.05) is 0 Å². The van der Waals surface area contributed by atoms with Gasteiger partial charge in [-0.2, -0.15) is 0 Å². The Morgan fingerprint density at radius 3 is 2.57 bits per heavy atom. The number of hydrogen-bond donors (Lipinski definition) is 1. The van der Waals surface area contributed by atoms with Gasteiger partial charge in [0, 0.05) is 12.5 Å². The standard InChI is InChI=1S/C16H21NO3S/c1-16(2)13-10-14(12(8-9-18)15(13)16)17-21(19,20)11-6-4-3-5-7-11/h3-7,9,12-15,17H,8,10H2,1-2H3. The van der Waals surface area contributed by atoms with E-state index in [0.29, 0.717) is 18.3 Å². The number of nitrogens with one attached hydrogen (secondary N) is 1. The van der Waals surface area contributed by atoms with E-state index in [4.69, 9.17) is 0 Å². The van der Waals surface area contributed by atoms with Gasteiger partial charge in [0.15, 0.2) is 0 Å². The molecule has 0 amide bonds. The van der Waals surface area contributed by atoms with E-state index in [0.717, 1.165) is 12.7 Å². The minimum absolute atomic E-state index is 0.122. The maximum Gasteiger partial charge on any atom is 0.240 e. The van der Waals surface area contributed by atoms with Crippen molar-refractivity contribution in [1.82, 2.24) is 4.72 Å². The van der Waals surface area contributed by atoms with Gasteiger partial charge in [0.1, 0.15) is 6.29 Å². The summed E-state index contributed by atoms with van der Waals surface area (Å²) in [5.74, 6) is 1.12. The zero-order valence-electron chi connectivity index (χ0n) is 12.3. The molecular weight excluding hydrogens is 286 g/mol. The largest absolute Gasteiger partial charge is 0.303 e. The number of carbonyl (C=O) groups is 1. The maximum absolute atomic E-state index is 12.4. The van der Waals surface area contributed by atoms with Gasteiger partial charge in [0.2, 0.25) is 10.0 Å². The SMILES string of the molecule is CC1(C)C2CC(NS(=O)(=O)c3ccccc3)C(CC=O)C21. The fraction of sp³-hybridized carbons (Fsp3) is 0.562. The molecule has 4 atom stereocenters. The van der Waals surface area contributed by atoms with Crippen LogP contribution >= 0.6 is 0 Å². The monoisotopic (exact) mass is 307 g/mol. The Hall–Kier alpha value is -1.20. The lowest BCUT2D eigenvalue weighted by molar-refractivity contribution is -0.108. The molecule has 1 aromatic rings. The van der Waals surface area contributed by atoms with Gasteiger partial charge in [-0.15, -0.1) is 0 Å². The molecule has 3 rings (SSSR count). The van der Waals surface area contributed by atoms with Gasteiger partial charge in [-0.05, 0) is 41.7 Å². The second-order valence-corrected chi connectivity index (χ2v) is 8.51. The highest BCUT2D eigenvalue weighted by molar-refractivity contribution is 7.89. The van der Waals surface area contributed by atoms with Crippen LogP contribution in [0.4, 0.5) is 0 Å². The molecule has 0 bridgehead atoms. The van der Waals surface area contributed by atoms with Crippen molar-refractivity contribution in [3.05, 3.63) is 30.3 Å². The Kier molecular flexibility index (Phi) is 3.45. The first-order valence-corrected chi connectivity index (χ1v) is 8.87. The normalized spacial score (nSPS) is 33.4. The van der Waals surface area contributed by atoms with Gasteiger partial charge in [0.05, 0.1) is 4.90 Å². The molecule has 0 spiro atoms. The van der Waals surface area contributed by atoms with Gasteiger partial charge in [-0.1, -0.05) is 32.0 Å². The molecule has 5 heteroatoms. The molecular formula is C16H21NO3S. The molecule has 0 aromatic heterocycles. The van der Waals surface area contributed by atoms with E-state index < -0.39 is 10.0 Å². The molecule has 2 aliphatic carbocycles. The molecule has 4 unspecified atom stereocenters. The van der Waals surface area contributed by atoms with E-state index in [9.17, 15) is 13.2 Å². The van der Waals surface area contributed by atoms with Crippen LogP contribution in [-0.4, -0.2) is 20.7 Å². The lowest BCUT2D eigenvalue weighted by Crippen LogP contribution is -2.40. The molecule has 0 heterocycles. The van der Waals surface area contributed by atoms with Crippen molar-refractivity contribution in [3.63, 3.8) is 0 Å². The molecule has 1 N–H and O–H groups in total. The molecule has 114 valence electrons. The van der Waals surface area contributed by atoms with Crippen LogP contribution in [0.3, 0.4) is 0 Å². The molecule has 4 nitrogen and oxygen atoms in total. The van der Waals surface area contributed by atoms with Crippen LogP contribution in [0.25, 0.3) is 0 Å². The molecule has 21 heavy (non-hydrogen) atoms. The van der Waals surface area contributed by atoms with Crippen molar-refractivity contribution in [2.24, 2.45) is 23.2 Å². The number of carbonyl (C=O) groups excluding carboxylic acids is 1. The Labute approximate surface area is 126 Å². The summed E-state index contributed by atoms with van der Waals surface area (Å²) in [6.45, 7) is 4.42. The fourth-order valence-electron chi connectivity index (χ4n) is 4.21. The highest BCUT2D eigenvalue weighted by Crippen LogP contribution is 2.69. The number of rotatable bonds is 5. The number of sulfonamides is 1. The highest BCUT2D eigenvalue weighted by atomic mass is 32.2. The number of fused-ring (bicyclic) bond motifs is 1. The van der Waals surface area contributed by atoms with Gasteiger partial charge in [0.25, 0.3) is 0 Å². The van der Waals surface area contributed by atoms with Crippen molar-refractivity contribution in [1.29, 1.82) is 0 Å². The van der Waals surface area contributed by atoms with E-state index in [1.165, 1.54) is 0 Å². The quantitative estimate of drug-likeness (QED) is 0.848. The minimum Gasteiger partial charge on any atom is -0.303 e. The first-order valence-electron chi connectivity index (χ1n) is 7.39. The van der Waals surface area contributed by atoms with E-state index >= 15 is 0 Å². The molecule has 0 aliphatic heterocycles.